The zero-order valence-corrected chi connectivity index (χ0v) is 8.57. The van der Waals surface area contributed by atoms with Crippen LogP contribution in [0.5, 0.6) is 0 Å². The first-order valence-electron chi connectivity index (χ1n) is 2.24. The van der Waals surface area contributed by atoms with Gasteiger partial charge >= 0.3 is 63.9 Å². The Morgan fingerprint density at radius 1 is 1.25 bits per heavy atom. The van der Waals surface area contributed by atoms with Gasteiger partial charge in [0.2, 0.25) is 0 Å². The summed E-state index contributed by atoms with van der Waals surface area (Å²) in [6, 6.07) is 0. The first kappa shape index (κ1) is 9.37. The zero-order valence-electron chi connectivity index (χ0n) is 4.20. The van der Waals surface area contributed by atoms with Gasteiger partial charge in [-0.3, -0.25) is 0 Å². The molecule has 0 atom stereocenters. The third-order valence-corrected chi connectivity index (χ3v) is 5.50. The van der Waals surface area contributed by atoms with Crippen molar-refractivity contribution in [1.82, 2.24) is 0 Å². The standard InChI is InChI=1S/C3H7Cl3GeO/c4-7(5,6)2-1-3-8/h8H,1-3H2. The Balaban J connectivity index is 3.11. The number of halogens is 3. The van der Waals surface area contributed by atoms with Crippen molar-refractivity contribution in [3.63, 3.8) is 0 Å². The molecule has 0 saturated heterocycles. The zero-order chi connectivity index (χ0) is 6.62. The van der Waals surface area contributed by atoms with Crippen molar-refractivity contribution in [2.45, 2.75) is 11.7 Å². The molecule has 0 rings (SSSR count). The van der Waals surface area contributed by atoms with Crippen LogP contribution in [0.15, 0.2) is 0 Å². The predicted molar refractivity (Wildman–Crippen MR) is 39.8 cm³/mol. The molecule has 50 valence electrons. The maximum absolute atomic E-state index is 8.28. The van der Waals surface area contributed by atoms with E-state index < -0.39 is 10.5 Å². The molecular weight excluding hydrogens is 231 g/mol. The van der Waals surface area contributed by atoms with Gasteiger partial charge in [0.25, 0.3) is 0 Å². The Hall–Kier alpha value is 1.37. The van der Waals surface area contributed by atoms with Crippen LogP contribution < -0.4 is 0 Å². The minimum absolute atomic E-state index is 0.124. The van der Waals surface area contributed by atoms with Gasteiger partial charge in [-0.05, 0) is 0 Å². The van der Waals surface area contributed by atoms with E-state index in [-0.39, 0.29) is 6.61 Å². The van der Waals surface area contributed by atoms with E-state index in [2.05, 4.69) is 0 Å². The molecular formula is C3H7Cl3GeO. The van der Waals surface area contributed by atoms with Gasteiger partial charge < -0.3 is 0 Å². The number of rotatable bonds is 3. The van der Waals surface area contributed by atoms with Crippen molar-refractivity contribution in [3.05, 3.63) is 0 Å². The van der Waals surface area contributed by atoms with Crippen LogP contribution in [0.3, 0.4) is 0 Å². The molecule has 0 bridgehead atoms. The monoisotopic (exact) mass is 238 g/mol. The van der Waals surface area contributed by atoms with Gasteiger partial charge in [0.1, 0.15) is 0 Å². The predicted octanol–water partition coefficient (Wildman–Crippen LogP) is 2.02. The Labute approximate surface area is 63.8 Å². The summed E-state index contributed by atoms with van der Waals surface area (Å²) < 4.78 is 0. The van der Waals surface area contributed by atoms with Gasteiger partial charge in [0.05, 0.1) is 0 Å². The molecule has 0 aliphatic carbocycles. The first-order valence-corrected chi connectivity index (χ1v) is 12.0. The maximum atomic E-state index is 8.28. The molecule has 0 amide bonds. The Morgan fingerprint density at radius 2 is 1.75 bits per heavy atom. The molecule has 1 N–H and O–H groups in total. The van der Waals surface area contributed by atoms with Crippen molar-refractivity contribution >= 4 is 40.5 Å². The molecule has 0 unspecified atom stereocenters. The molecule has 0 aromatic carbocycles. The summed E-state index contributed by atoms with van der Waals surface area (Å²) in [7, 11) is 13.7. The van der Waals surface area contributed by atoms with Crippen LogP contribution in [0, 0.1) is 0 Å². The summed E-state index contributed by atoms with van der Waals surface area (Å²) in [6.45, 7) is 0.124. The van der Waals surface area contributed by atoms with Crippen LogP contribution in [0.4, 0.5) is 0 Å². The molecule has 8 heavy (non-hydrogen) atoms. The van der Waals surface area contributed by atoms with Crippen molar-refractivity contribution < 1.29 is 5.11 Å². The van der Waals surface area contributed by atoms with Gasteiger partial charge in [-0.2, -0.15) is 0 Å². The van der Waals surface area contributed by atoms with Crippen molar-refractivity contribution in [2.24, 2.45) is 0 Å². The molecule has 5 heteroatoms. The van der Waals surface area contributed by atoms with Gasteiger partial charge in [-0.15, -0.1) is 0 Å². The summed E-state index contributed by atoms with van der Waals surface area (Å²) in [5, 5.41) is 8.88. The molecule has 0 heterocycles. The van der Waals surface area contributed by atoms with E-state index in [4.69, 9.17) is 35.1 Å². The first-order chi connectivity index (χ1) is 3.56. The van der Waals surface area contributed by atoms with Gasteiger partial charge in [-0.1, -0.05) is 0 Å². The van der Waals surface area contributed by atoms with Gasteiger partial charge in [0.15, 0.2) is 0 Å². The third-order valence-electron chi connectivity index (χ3n) is 0.618. The fourth-order valence-corrected chi connectivity index (χ4v) is 3.54. The number of hydrogen-bond acceptors (Lipinski definition) is 1. The van der Waals surface area contributed by atoms with Gasteiger partial charge in [-0.25, -0.2) is 0 Å². The summed E-state index contributed by atoms with van der Waals surface area (Å²) in [5.74, 6) is 0. The second kappa shape index (κ2) is 4.23. The van der Waals surface area contributed by atoms with E-state index >= 15 is 0 Å². The van der Waals surface area contributed by atoms with Crippen LogP contribution in [0.1, 0.15) is 6.42 Å². The third kappa shape index (κ3) is 7.37. The molecule has 0 saturated carbocycles. The molecule has 0 aromatic heterocycles. The van der Waals surface area contributed by atoms with E-state index in [1.807, 2.05) is 0 Å². The van der Waals surface area contributed by atoms with E-state index in [9.17, 15) is 0 Å². The van der Waals surface area contributed by atoms with Crippen LogP contribution in [-0.4, -0.2) is 22.2 Å². The van der Waals surface area contributed by atoms with Crippen LogP contribution in [0.2, 0.25) is 5.25 Å². The fraction of sp³-hybridized carbons (Fsp3) is 1.00. The molecule has 1 nitrogen and oxygen atoms in total. The number of aliphatic hydroxyl groups is 1. The topological polar surface area (TPSA) is 20.2 Å². The fourth-order valence-electron chi connectivity index (χ4n) is 0.280. The summed E-state index contributed by atoms with van der Waals surface area (Å²) in [6.07, 6.45) is 0.622. The van der Waals surface area contributed by atoms with Crippen LogP contribution in [-0.2, 0) is 0 Å². The second-order valence-corrected chi connectivity index (χ2v) is 18.1. The Kier molecular flexibility index (Phi) is 4.96. The molecule has 0 fully saturated rings. The molecule has 0 aliphatic heterocycles. The molecule has 0 aliphatic rings. The Morgan fingerprint density at radius 3 is 1.88 bits per heavy atom. The van der Waals surface area contributed by atoms with E-state index in [1.54, 1.807) is 0 Å². The van der Waals surface area contributed by atoms with E-state index in [0.717, 1.165) is 0 Å². The second-order valence-electron chi connectivity index (χ2n) is 1.44. The average Bonchev–Trinajstić information content (AvgIpc) is 1.59. The number of aliphatic hydroxyl groups excluding tert-OH is 1. The molecule has 0 radical (unpaired) electrons. The number of hydrogen-bond donors (Lipinski definition) is 1. The van der Waals surface area contributed by atoms with Crippen LogP contribution >= 0.6 is 30.0 Å². The Bertz CT molecular complexity index is 62.0. The van der Waals surface area contributed by atoms with Crippen LogP contribution in [0.25, 0.3) is 0 Å². The van der Waals surface area contributed by atoms with Crippen molar-refractivity contribution in [2.75, 3.05) is 6.61 Å². The molecule has 0 spiro atoms. The van der Waals surface area contributed by atoms with E-state index in [0.29, 0.717) is 11.7 Å². The molecule has 0 aromatic rings. The summed E-state index contributed by atoms with van der Waals surface area (Å²) >= 11 is 0. The SMILES string of the molecule is OCC[CH2][Ge]([Cl])([Cl])[Cl]. The van der Waals surface area contributed by atoms with Gasteiger partial charge in [0, 0.05) is 0 Å². The normalized spacial score (nSPS) is 12.0. The van der Waals surface area contributed by atoms with Crippen molar-refractivity contribution in [3.8, 4) is 0 Å². The van der Waals surface area contributed by atoms with E-state index in [1.165, 1.54) is 0 Å². The average molecular weight is 238 g/mol. The minimum atomic E-state index is -2.85. The van der Waals surface area contributed by atoms with Crippen molar-refractivity contribution in [1.29, 1.82) is 0 Å². The summed E-state index contributed by atoms with van der Waals surface area (Å²) in [4.78, 5) is 0. The quantitative estimate of drug-likeness (QED) is 0.746. The summed E-state index contributed by atoms with van der Waals surface area (Å²) in [5.41, 5.74) is 0.